The second-order valence-electron chi connectivity index (χ2n) is 3.41. The molecule has 0 saturated carbocycles. The van der Waals surface area contributed by atoms with Gasteiger partial charge >= 0.3 is 0 Å². The Balaban J connectivity index is 2.88. The molecule has 0 amide bonds. The average molecular weight is 229 g/mol. The summed E-state index contributed by atoms with van der Waals surface area (Å²) in [7, 11) is 0. The lowest BCUT2D eigenvalue weighted by atomic mass is 10.0. The number of non-ortho nitro benzene ring substituents is 1. The van der Waals surface area contributed by atoms with E-state index < -0.39 is 4.92 Å². The first kappa shape index (κ1) is 11.9. The van der Waals surface area contributed by atoms with E-state index in [4.69, 9.17) is 17.3 Å². The number of halogens is 1. The van der Waals surface area contributed by atoms with E-state index in [0.717, 1.165) is 12.0 Å². The van der Waals surface area contributed by atoms with Gasteiger partial charge < -0.3 is 5.73 Å². The van der Waals surface area contributed by atoms with E-state index in [0.29, 0.717) is 11.4 Å². The number of hydrogen-bond acceptors (Lipinski definition) is 3. The molecule has 0 aliphatic rings. The van der Waals surface area contributed by atoms with E-state index in [-0.39, 0.29) is 11.7 Å². The second kappa shape index (κ2) is 5.09. The first-order valence-corrected chi connectivity index (χ1v) is 5.10. The van der Waals surface area contributed by atoms with Crippen molar-refractivity contribution in [2.45, 2.75) is 25.8 Å². The topological polar surface area (TPSA) is 69.2 Å². The van der Waals surface area contributed by atoms with Crippen LogP contribution in [0.3, 0.4) is 0 Å². The third-order valence-electron chi connectivity index (χ3n) is 2.25. The van der Waals surface area contributed by atoms with Gasteiger partial charge in [-0.05, 0) is 18.4 Å². The Bertz CT molecular complexity index is 368. The Labute approximate surface area is 93.2 Å². The summed E-state index contributed by atoms with van der Waals surface area (Å²) >= 11 is 5.91. The highest BCUT2D eigenvalue weighted by Gasteiger charge is 2.11. The summed E-state index contributed by atoms with van der Waals surface area (Å²) in [5.74, 6) is 0. The second-order valence-corrected chi connectivity index (χ2v) is 3.81. The third-order valence-corrected chi connectivity index (χ3v) is 2.61. The summed E-state index contributed by atoms with van der Waals surface area (Å²) in [6, 6.07) is 4.52. The fourth-order valence-corrected chi connectivity index (χ4v) is 1.49. The molecule has 0 aliphatic carbocycles. The molecule has 0 bridgehead atoms. The maximum atomic E-state index is 10.5. The molecule has 1 unspecified atom stereocenters. The fourth-order valence-electron chi connectivity index (χ4n) is 1.24. The highest BCUT2D eigenvalue weighted by atomic mass is 35.5. The normalized spacial score (nSPS) is 12.5. The summed E-state index contributed by atoms with van der Waals surface area (Å²) in [5.41, 5.74) is 6.65. The van der Waals surface area contributed by atoms with E-state index in [1.54, 1.807) is 6.07 Å². The van der Waals surface area contributed by atoms with Crippen molar-refractivity contribution in [3.05, 3.63) is 38.9 Å². The molecular weight excluding hydrogens is 216 g/mol. The highest BCUT2D eigenvalue weighted by Crippen LogP contribution is 2.23. The molecule has 0 fully saturated rings. The van der Waals surface area contributed by atoms with Crippen LogP contribution in [0.1, 0.15) is 18.9 Å². The van der Waals surface area contributed by atoms with Gasteiger partial charge in [0.05, 0.1) is 9.95 Å². The van der Waals surface area contributed by atoms with Crippen LogP contribution in [-0.2, 0) is 6.42 Å². The Morgan fingerprint density at radius 1 is 1.60 bits per heavy atom. The zero-order valence-electron chi connectivity index (χ0n) is 8.44. The van der Waals surface area contributed by atoms with Crippen molar-refractivity contribution >= 4 is 17.3 Å². The van der Waals surface area contributed by atoms with Crippen molar-refractivity contribution in [2.75, 3.05) is 0 Å². The summed E-state index contributed by atoms with van der Waals surface area (Å²) in [4.78, 5) is 10.0. The lowest BCUT2D eigenvalue weighted by Crippen LogP contribution is -2.21. The quantitative estimate of drug-likeness (QED) is 0.636. The van der Waals surface area contributed by atoms with Crippen molar-refractivity contribution < 1.29 is 4.92 Å². The summed E-state index contributed by atoms with van der Waals surface area (Å²) < 4.78 is 0. The molecule has 15 heavy (non-hydrogen) atoms. The average Bonchev–Trinajstić information content (AvgIpc) is 2.20. The van der Waals surface area contributed by atoms with Crippen LogP contribution in [0, 0.1) is 10.1 Å². The molecule has 0 aromatic heterocycles. The molecule has 0 saturated heterocycles. The molecule has 1 aromatic carbocycles. The van der Waals surface area contributed by atoms with Crippen molar-refractivity contribution in [1.82, 2.24) is 0 Å². The van der Waals surface area contributed by atoms with Crippen molar-refractivity contribution in [2.24, 2.45) is 5.73 Å². The lowest BCUT2D eigenvalue weighted by Gasteiger charge is -2.09. The molecular formula is C10H13ClN2O2. The first-order valence-electron chi connectivity index (χ1n) is 4.73. The van der Waals surface area contributed by atoms with Crippen LogP contribution in [-0.4, -0.2) is 11.0 Å². The largest absolute Gasteiger partial charge is 0.327 e. The van der Waals surface area contributed by atoms with Gasteiger partial charge in [0.2, 0.25) is 0 Å². The Morgan fingerprint density at radius 3 is 2.73 bits per heavy atom. The third kappa shape index (κ3) is 3.18. The lowest BCUT2D eigenvalue weighted by molar-refractivity contribution is -0.384. The first-order chi connectivity index (χ1) is 7.04. The molecule has 0 radical (unpaired) electrons. The standard InChI is InChI=1S/C10H13ClN2O2/c1-2-8(12)5-7-3-4-9(13(14)15)6-10(7)11/h3-4,6,8H,2,5,12H2,1H3. The molecule has 2 N–H and O–H groups in total. The number of nitro groups is 1. The Kier molecular flexibility index (Phi) is 4.05. The molecule has 0 spiro atoms. The zero-order chi connectivity index (χ0) is 11.4. The van der Waals surface area contributed by atoms with Gasteiger partial charge in [-0.3, -0.25) is 10.1 Å². The van der Waals surface area contributed by atoms with Gasteiger partial charge in [-0.1, -0.05) is 24.6 Å². The van der Waals surface area contributed by atoms with E-state index in [2.05, 4.69) is 0 Å². The van der Waals surface area contributed by atoms with Crippen LogP contribution in [0.15, 0.2) is 18.2 Å². The predicted molar refractivity (Wildman–Crippen MR) is 60.1 cm³/mol. The van der Waals surface area contributed by atoms with Crippen LogP contribution < -0.4 is 5.73 Å². The van der Waals surface area contributed by atoms with Crippen LogP contribution in [0.2, 0.25) is 5.02 Å². The van der Waals surface area contributed by atoms with E-state index in [1.165, 1.54) is 12.1 Å². The molecule has 0 aliphatic heterocycles. The monoisotopic (exact) mass is 228 g/mol. The number of nitro benzene ring substituents is 1. The van der Waals surface area contributed by atoms with Crippen LogP contribution in [0.25, 0.3) is 0 Å². The maximum Gasteiger partial charge on any atom is 0.270 e. The van der Waals surface area contributed by atoms with Gasteiger partial charge in [0, 0.05) is 18.2 Å². The number of nitrogens with two attached hydrogens (primary N) is 1. The summed E-state index contributed by atoms with van der Waals surface area (Å²) in [5, 5.41) is 10.9. The van der Waals surface area contributed by atoms with Crippen molar-refractivity contribution in [3.63, 3.8) is 0 Å². The van der Waals surface area contributed by atoms with E-state index in [1.807, 2.05) is 6.92 Å². The molecule has 82 valence electrons. The smallest absolute Gasteiger partial charge is 0.270 e. The molecule has 1 rings (SSSR count). The van der Waals surface area contributed by atoms with Gasteiger partial charge in [0.25, 0.3) is 5.69 Å². The molecule has 4 nitrogen and oxygen atoms in total. The number of hydrogen-bond donors (Lipinski definition) is 1. The molecule has 0 heterocycles. The van der Waals surface area contributed by atoms with Crippen LogP contribution in [0.5, 0.6) is 0 Å². The molecule has 1 atom stereocenters. The van der Waals surface area contributed by atoms with Gasteiger partial charge in [0.1, 0.15) is 0 Å². The number of rotatable bonds is 4. The van der Waals surface area contributed by atoms with Crippen molar-refractivity contribution in [1.29, 1.82) is 0 Å². The Morgan fingerprint density at radius 2 is 2.27 bits per heavy atom. The molecule has 5 heteroatoms. The van der Waals surface area contributed by atoms with Crippen LogP contribution >= 0.6 is 11.6 Å². The predicted octanol–water partition coefficient (Wildman–Crippen LogP) is 2.53. The van der Waals surface area contributed by atoms with Gasteiger partial charge in [-0.25, -0.2) is 0 Å². The maximum absolute atomic E-state index is 10.5. The fraction of sp³-hybridized carbons (Fsp3) is 0.400. The number of nitrogens with zero attached hydrogens (tertiary/aromatic N) is 1. The minimum absolute atomic E-state index is 0.00817. The SMILES string of the molecule is CCC(N)Cc1ccc([N+](=O)[O-])cc1Cl. The van der Waals surface area contributed by atoms with E-state index in [9.17, 15) is 10.1 Å². The number of benzene rings is 1. The summed E-state index contributed by atoms with van der Waals surface area (Å²) in [6.07, 6.45) is 1.50. The van der Waals surface area contributed by atoms with Gasteiger partial charge in [-0.2, -0.15) is 0 Å². The van der Waals surface area contributed by atoms with E-state index >= 15 is 0 Å². The van der Waals surface area contributed by atoms with Gasteiger partial charge in [0.15, 0.2) is 0 Å². The summed E-state index contributed by atoms with van der Waals surface area (Å²) in [6.45, 7) is 1.99. The highest BCUT2D eigenvalue weighted by molar-refractivity contribution is 6.31. The minimum Gasteiger partial charge on any atom is -0.327 e. The van der Waals surface area contributed by atoms with Gasteiger partial charge in [-0.15, -0.1) is 0 Å². The zero-order valence-corrected chi connectivity index (χ0v) is 9.20. The van der Waals surface area contributed by atoms with Crippen LogP contribution in [0.4, 0.5) is 5.69 Å². The molecule has 1 aromatic rings. The van der Waals surface area contributed by atoms with Crippen molar-refractivity contribution in [3.8, 4) is 0 Å². The Hall–Kier alpha value is -1.13. The minimum atomic E-state index is -0.463.